The van der Waals surface area contributed by atoms with Crippen LogP contribution in [-0.4, -0.2) is 21.4 Å². The molecule has 0 saturated heterocycles. The molecule has 1 aromatic heterocycles. The molecule has 138 valence electrons. The number of carbonyl (C=O) groups is 1. The summed E-state index contributed by atoms with van der Waals surface area (Å²) < 4.78 is 11.3. The SMILES string of the molecule is CS(=O)Cc1ccc(C(=O)Nc2ccc(Cl)c(-c3ccccn3)c2)c(Cl)c1. The number of pyridine rings is 1. The smallest absolute Gasteiger partial charge is 0.257 e. The molecule has 1 heterocycles. The maximum atomic E-state index is 12.6. The Morgan fingerprint density at radius 3 is 2.56 bits per heavy atom. The van der Waals surface area contributed by atoms with Crippen LogP contribution in [0.5, 0.6) is 0 Å². The Bertz CT molecular complexity index is 1010. The van der Waals surface area contributed by atoms with Crippen molar-refractivity contribution in [3.05, 3.63) is 82.0 Å². The summed E-state index contributed by atoms with van der Waals surface area (Å²) in [6.07, 6.45) is 3.30. The van der Waals surface area contributed by atoms with E-state index in [2.05, 4.69) is 10.3 Å². The van der Waals surface area contributed by atoms with Crippen LogP contribution in [0.25, 0.3) is 11.3 Å². The third kappa shape index (κ3) is 4.95. The molecule has 1 unspecified atom stereocenters. The van der Waals surface area contributed by atoms with Gasteiger partial charge >= 0.3 is 0 Å². The summed E-state index contributed by atoms with van der Waals surface area (Å²) in [5.41, 5.74) is 3.19. The lowest BCUT2D eigenvalue weighted by atomic mass is 10.1. The minimum absolute atomic E-state index is 0.314. The highest BCUT2D eigenvalue weighted by atomic mass is 35.5. The molecule has 0 saturated carbocycles. The van der Waals surface area contributed by atoms with Gasteiger partial charge in [0.05, 0.1) is 21.3 Å². The zero-order valence-corrected chi connectivity index (χ0v) is 16.7. The molecular formula is C20H16Cl2N2O2S. The van der Waals surface area contributed by atoms with Gasteiger partial charge in [0.25, 0.3) is 5.91 Å². The van der Waals surface area contributed by atoms with Crippen LogP contribution >= 0.6 is 23.2 Å². The zero-order chi connectivity index (χ0) is 19.4. The third-order valence-electron chi connectivity index (χ3n) is 3.81. The van der Waals surface area contributed by atoms with E-state index >= 15 is 0 Å². The van der Waals surface area contributed by atoms with Crippen LogP contribution < -0.4 is 5.32 Å². The van der Waals surface area contributed by atoms with Crippen LogP contribution in [0.15, 0.2) is 60.8 Å². The molecule has 0 aliphatic heterocycles. The van der Waals surface area contributed by atoms with Gasteiger partial charge in [0, 0.05) is 40.3 Å². The second kappa shape index (κ2) is 8.65. The predicted molar refractivity (Wildman–Crippen MR) is 112 cm³/mol. The standard InChI is InChI=1S/C20H16Cl2N2O2S/c1-27(26)12-13-5-7-15(18(22)10-13)20(25)24-14-6-8-17(21)16(11-14)19-4-2-3-9-23-19/h2-11H,12H2,1H3,(H,24,25). The molecule has 3 aromatic rings. The third-order valence-corrected chi connectivity index (χ3v) is 5.20. The summed E-state index contributed by atoms with van der Waals surface area (Å²) in [6, 6.07) is 15.8. The largest absolute Gasteiger partial charge is 0.322 e. The number of hydrogen-bond donors (Lipinski definition) is 1. The summed E-state index contributed by atoms with van der Waals surface area (Å²) in [7, 11) is -0.974. The number of aromatic nitrogens is 1. The van der Waals surface area contributed by atoms with Crippen LogP contribution in [0.4, 0.5) is 5.69 Å². The molecule has 7 heteroatoms. The number of amides is 1. The fourth-order valence-electron chi connectivity index (χ4n) is 2.59. The minimum Gasteiger partial charge on any atom is -0.322 e. The molecule has 1 N–H and O–H groups in total. The van der Waals surface area contributed by atoms with Crippen molar-refractivity contribution >= 4 is 45.6 Å². The van der Waals surface area contributed by atoms with Gasteiger partial charge < -0.3 is 5.32 Å². The van der Waals surface area contributed by atoms with E-state index in [0.29, 0.717) is 32.7 Å². The minimum atomic E-state index is -0.974. The van der Waals surface area contributed by atoms with Crippen molar-refractivity contribution in [1.29, 1.82) is 0 Å². The van der Waals surface area contributed by atoms with Crippen LogP contribution in [0.3, 0.4) is 0 Å². The number of nitrogens with zero attached hydrogens (tertiary/aromatic N) is 1. The van der Waals surface area contributed by atoms with Gasteiger partial charge in [-0.3, -0.25) is 14.0 Å². The molecule has 0 radical (unpaired) electrons. The van der Waals surface area contributed by atoms with Crippen LogP contribution in [-0.2, 0) is 16.6 Å². The van der Waals surface area contributed by atoms with E-state index in [1.807, 2.05) is 18.2 Å². The van der Waals surface area contributed by atoms with Crippen LogP contribution in [0.2, 0.25) is 10.0 Å². The highest BCUT2D eigenvalue weighted by Crippen LogP contribution is 2.29. The molecule has 4 nitrogen and oxygen atoms in total. The van der Waals surface area contributed by atoms with E-state index in [9.17, 15) is 9.00 Å². The number of rotatable bonds is 5. The molecule has 0 aliphatic rings. The highest BCUT2D eigenvalue weighted by molar-refractivity contribution is 7.83. The second-order valence-corrected chi connectivity index (χ2v) is 8.14. The lowest BCUT2D eigenvalue weighted by Crippen LogP contribution is -2.12. The molecule has 1 amide bonds. The van der Waals surface area contributed by atoms with Gasteiger partial charge in [0.1, 0.15) is 0 Å². The summed E-state index contributed by atoms with van der Waals surface area (Å²) in [5, 5.41) is 3.68. The number of anilines is 1. The van der Waals surface area contributed by atoms with Gasteiger partial charge in [-0.1, -0.05) is 35.3 Å². The van der Waals surface area contributed by atoms with Crippen molar-refractivity contribution in [3.63, 3.8) is 0 Å². The average Bonchev–Trinajstić information content (AvgIpc) is 2.63. The van der Waals surface area contributed by atoms with E-state index in [1.165, 1.54) is 0 Å². The Morgan fingerprint density at radius 2 is 1.89 bits per heavy atom. The summed E-state index contributed by atoms with van der Waals surface area (Å²) >= 11 is 12.5. The first-order chi connectivity index (χ1) is 12.9. The Kier molecular flexibility index (Phi) is 6.26. The van der Waals surface area contributed by atoms with E-state index in [1.54, 1.807) is 48.9 Å². The van der Waals surface area contributed by atoms with E-state index in [-0.39, 0.29) is 5.91 Å². The van der Waals surface area contributed by atoms with Crippen molar-refractivity contribution in [3.8, 4) is 11.3 Å². The van der Waals surface area contributed by atoms with Gasteiger partial charge in [0.2, 0.25) is 0 Å². The lowest BCUT2D eigenvalue weighted by Gasteiger charge is -2.10. The Morgan fingerprint density at radius 1 is 1.07 bits per heavy atom. The molecule has 0 bridgehead atoms. The summed E-state index contributed by atoms with van der Waals surface area (Å²) in [6.45, 7) is 0. The summed E-state index contributed by atoms with van der Waals surface area (Å²) in [5.74, 6) is 0.0603. The fourth-order valence-corrected chi connectivity index (χ4v) is 3.74. The number of halogens is 2. The van der Waals surface area contributed by atoms with Gasteiger partial charge in [-0.2, -0.15) is 0 Å². The van der Waals surface area contributed by atoms with Gasteiger partial charge in [-0.25, -0.2) is 0 Å². The van der Waals surface area contributed by atoms with Crippen LogP contribution in [0, 0.1) is 0 Å². The number of hydrogen-bond acceptors (Lipinski definition) is 3. The van der Waals surface area contributed by atoms with Crippen molar-refractivity contribution in [2.24, 2.45) is 0 Å². The molecule has 27 heavy (non-hydrogen) atoms. The molecule has 0 aliphatic carbocycles. The Labute approximate surface area is 170 Å². The average molecular weight is 419 g/mol. The van der Waals surface area contributed by atoms with Crippen molar-refractivity contribution < 1.29 is 9.00 Å². The first kappa shape index (κ1) is 19.5. The predicted octanol–water partition coefficient (Wildman–Crippen LogP) is 5.19. The normalized spacial score (nSPS) is 11.8. The van der Waals surface area contributed by atoms with Gasteiger partial charge in [0.15, 0.2) is 0 Å². The van der Waals surface area contributed by atoms with E-state index < -0.39 is 10.8 Å². The number of nitrogens with one attached hydrogen (secondary N) is 1. The monoisotopic (exact) mass is 418 g/mol. The van der Waals surface area contributed by atoms with Crippen molar-refractivity contribution in [2.45, 2.75) is 5.75 Å². The number of benzene rings is 2. The molecule has 0 spiro atoms. The van der Waals surface area contributed by atoms with Crippen molar-refractivity contribution in [1.82, 2.24) is 4.98 Å². The van der Waals surface area contributed by atoms with Crippen LogP contribution in [0.1, 0.15) is 15.9 Å². The van der Waals surface area contributed by atoms with Crippen molar-refractivity contribution in [2.75, 3.05) is 11.6 Å². The maximum Gasteiger partial charge on any atom is 0.257 e. The first-order valence-electron chi connectivity index (χ1n) is 8.05. The molecule has 1 atom stereocenters. The first-order valence-corrected chi connectivity index (χ1v) is 10.5. The molecule has 2 aromatic carbocycles. The molecule has 0 fully saturated rings. The van der Waals surface area contributed by atoms with Gasteiger partial charge in [-0.15, -0.1) is 0 Å². The van der Waals surface area contributed by atoms with E-state index in [0.717, 1.165) is 11.1 Å². The highest BCUT2D eigenvalue weighted by Gasteiger charge is 2.13. The van der Waals surface area contributed by atoms with Gasteiger partial charge in [-0.05, 0) is 48.0 Å². The maximum absolute atomic E-state index is 12.6. The summed E-state index contributed by atoms with van der Waals surface area (Å²) in [4.78, 5) is 16.9. The number of carbonyl (C=O) groups excluding carboxylic acids is 1. The van der Waals surface area contributed by atoms with E-state index in [4.69, 9.17) is 23.2 Å². The quantitative estimate of drug-likeness (QED) is 0.620. The molecular weight excluding hydrogens is 403 g/mol. The fraction of sp³-hybridized carbons (Fsp3) is 0.100. The second-order valence-electron chi connectivity index (χ2n) is 5.90. The zero-order valence-electron chi connectivity index (χ0n) is 14.4. The lowest BCUT2D eigenvalue weighted by molar-refractivity contribution is 0.102. The Hall–Kier alpha value is -2.21. The Balaban J connectivity index is 1.83. The topological polar surface area (TPSA) is 59.1 Å². The molecule has 3 rings (SSSR count).